The lowest BCUT2D eigenvalue weighted by Crippen LogP contribution is -2.17. The number of hydrogen-bond acceptors (Lipinski definition) is 5. The molecule has 2 aromatic carbocycles. The van der Waals surface area contributed by atoms with Crippen molar-refractivity contribution in [2.24, 2.45) is 0 Å². The highest BCUT2D eigenvalue weighted by molar-refractivity contribution is 8.26. The lowest BCUT2D eigenvalue weighted by Gasteiger charge is -2.11. The molecule has 0 bridgehead atoms. The van der Waals surface area contributed by atoms with Crippen LogP contribution in [0.5, 0.6) is 11.5 Å². The van der Waals surface area contributed by atoms with E-state index in [-0.39, 0.29) is 5.91 Å². The fourth-order valence-electron chi connectivity index (χ4n) is 2.24. The smallest absolute Gasteiger partial charge is 0.263 e. The van der Waals surface area contributed by atoms with Crippen LogP contribution in [0.25, 0.3) is 6.08 Å². The molecule has 1 heterocycles. The molecule has 0 atom stereocenters. The van der Waals surface area contributed by atoms with Crippen LogP contribution in [-0.2, 0) is 4.79 Å². The first-order valence-corrected chi connectivity index (χ1v) is 9.00. The second-order valence-corrected chi connectivity index (χ2v) is 7.12. The maximum Gasteiger partial charge on any atom is 0.263 e. The quantitative estimate of drug-likeness (QED) is 0.473. The van der Waals surface area contributed by atoms with Gasteiger partial charge in [-0.15, -0.1) is 0 Å². The second kappa shape index (κ2) is 8.18. The molecule has 1 saturated heterocycles. The Morgan fingerprint density at radius 2 is 1.80 bits per heavy atom. The summed E-state index contributed by atoms with van der Waals surface area (Å²) in [5.74, 6) is 1.35. The molecule has 2 aromatic rings. The van der Waals surface area contributed by atoms with Crippen molar-refractivity contribution in [1.29, 1.82) is 0 Å². The summed E-state index contributed by atoms with van der Waals surface area (Å²) in [7, 11) is 0. The number of aryl methyl sites for hydroxylation is 1. The number of nitrogens with one attached hydrogen (secondary N) is 1. The Bertz CT molecular complexity index is 816. The molecule has 0 unspecified atom stereocenters. The Morgan fingerprint density at radius 1 is 1.08 bits per heavy atom. The zero-order valence-corrected chi connectivity index (χ0v) is 15.3. The molecule has 1 aliphatic heterocycles. The van der Waals surface area contributed by atoms with Crippen molar-refractivity contribution >= 4 is 40.3 Å². The first-order valence-electron chi connectivity index (χ1n) is 7.78. The molecule has 25 heavy (non-hydrogen) atoms. The van der Waals surface area contributed by atoms with E-state index < -0.39 is 0 Å². The number of carbonyl (C=O) groups is 1. The Labute approximate surface area is 156 Å². The van der Waals surface area contributed by atoms with Crippen molar-refractivity contribution in [1.82, 2.24) is 5.32 Å². The third-order valence-electron chi connectivity index (χ3n) is 3.48. The molecule has 0 spiro atoms. The first-order chi connectivity index (χ1) is 12.1. The molecule has 0 saturated carbocycles. The van der Waals surface area contributed by atoms with Gasteiger partial charge >= 0.3 is 0 Å². The van der Waals surface area contributed by atoms with Gasteiger partial charge in [-0.2, -0.15) is 0 Å². The van der Waals surface area contributed by atoms with Crippen molar-refractivity contribution in [3.63, 3.8) is 0 Å². The van der Waals surface area contributed by atoms with Crippen LogP contribution in [0.4, 0.5) is 0 Å². The van der Waals surface area contributed by atoms with Crippen molar-refractivity contribution in [2.75, 3.05) is 13.2 Å². The summed E-state index contributed by atoms with van der Waals surface area (Å²) in [5, 5.41) is 2.61. The van der Waals surface area contributed by atoms with Gasteiger partial charge in [0, 0.05) is 5.56 Å². The molecular formula is C19H17NO3S2. The maximum absolute atomic E-state index is 11.8. The van der Waals surface area contributed by atoms with Gasteiger partial charge in [0.05, 0.1) is 4.91 Å². The van der Waals surface area contributed by atoms with E-state index in [1.54, 1.807) is 6.08 Å². The predicted octanol–water partition coefficient (Wildman–Crippen LogP) is 3.94. The second-order valence-electron chi connectivity index (χ2n) is 5.40. The maximum atomic E-state index is 11.8. The van der Waals surface area contributed by atoms with Crippen LogP contribution in [0.3, 0.4) is 0 Å². The van der Waals surface area contributed by atoms with Crippen LogP contribution in [-0.4, -0.2) is 23.4 Å². The van der Waals surface area contributed by atoms with E-state index >= 15 is 0 Å². The largest absolute Gasteiger partial charge is 0.490 e. The summed E-state index contributed by atoms with van der Waals surface area (Å²) in [6.07, 6.45) is 1.79. The third kappa shape index (κ3) is 4.84. The van der Waals surface area contributed by atoms with E-state index in [2.05, 4.69) is 5.32 Å². The van der Waals surface area contributed by atoms with E-state index in [4.69, 9.17) is 21.7 Å². The zero-order valence-electron chi connectivity index (χ0n) is 13.7. The van der Waals surface area contributed by atoms with Gasteiger partial charge in [0.15, 0.2) is 0 Å². The van der Waals surface area contributed by atoms with Crippen LogP contribution >= 0.6 is 24.0 Å². The number of thiocarbonyl (C=S) groups is 1. The van der Waals surface area contributed by atoms with Gasteiger partial charge in [-0.3, -0.25) is 4.79 Å². The molecule has 0 aliphatic carbocycles. The molecule has 3 rings (SSSR count). The summed E-state index contributed by atoms with van der Waals surface area (Å²) >= 11 is 6.26. The van der Waals surface area contributed by atoms with E-state index in [0.717, 1.165) is 11.3 Å². The van der Waals surface area contributed by atoms with Crippen LogP contribution < -0.4 is 14.8 Å². The summed E-state index contributed by atoms with van der Waals surface area (Å²) in [6, 6.07) is 15.5. The minimum atomic E-state index is -0.174. The highest BCUT2D eigenvalue weighted by Crippen LogP contribution is 2.29. The average Bonchev–Trinajstić information content (AvgIpc) is 2.92. The Kier molecular flexibility index (Phi) is 5.73. The van der Waals surface area contributed by atoms with Crippen molar-refractivity contribution in [3.8, 4) is 11.5 Å². The molecule has 6 heteroatoms. The number of rotatable bonds is 6. The number of para-hydroxylation sites is 1. The van der Waals surface area contributed by atoms with E-state index in [1.165, 1.54) is 17.3 Å². The van der Waals surface area contributed by atoms with E-state index in [9.17, 15) is 4.79 Å². The van der Waals surface area contributed by atoms with Gasteiger partial charge in [0.25, 0.3) is 5.91 Å². The minimum absolute atomic E-state index is 0.174. The van der Waals surface area contributed by atoms with Gasteiger partial charge in [-0.05, 0) is 31.2 Å². The Morgan fingerprint density at radius 3 is 2.52 bits per heavy atom. The van der Waals surface area contributed by atoms with Crippen LogP contribution in [0.1, 0.15) is 11.1 Å². The van der Waals surface area contributed by atoms with Crippen molar-refractivity contribution in [3.05, 3.63) is 64.6 Å². The van der Waals surface area contributed by atoms with Gasteiger partial charge in [-0.1, -0.05) is 59.9 Å². The fraction of sp³-hybridized carbons (Fsp3) is 0.158. The van der Waals surface area contributed by atoms with E-state index in [0.29, 0.717) is 28.2 Å². The summed E-state index contributed by atoms with van der Waals surface area (Å²) < 4.78 is 11.9. The average molecular weight is 371 g/mol. The van der Waals surface area contributed by atoms with Crippen molar-refractivity contribution in [2.45, 2.75) is 6.92 Å². The Balaban J connectivity index is 1.59. The van der Waals surface area contributed by atoms with Gasteiger partial charge in [-0.25, -0.2) is 0 Å². The third-order valence-corrected chi connectivity index (χ3v) is 4.64. The molecule has 0 radical (unpaired) electrons. The van der Waals surface area contributed by atoms with Gasteiger partial charge in [0.1, 0.15) is 29.0 Å². The standard InChI is InChI=1S/C19H17NO3S2/c1-13-6-8-15(9-7-13)22-10-11-23-16-5-3-2-4-14(16)12-17-18(21)20-19(24)25-17/h2-9,12H,10-11H2,1H3,(H,20,21,24)/b17-12+. The number of thioether (sulfide) groups is 1. The van der Waals surface area contributed by atoms with Crippen LogP contribution in [0.15, 0.2) is 53.4 Å². The highest BCUT2D eigenvalue weighted by Gasteiger charge is 2.22. The normalized spacial score (nSPS) is 15.3. The summed E-state index contributed by atoms with van der Waals surface area (Å²) in [6.45, 7) is 2.88. The summed E-state index contributed by atoms with van der Waals surface area (Å²) in [4.78, 5) is 12.4. The number of benzene rings is 2. The highest BCUT2D eigenvalue weighted by atomic mass is 32.2. The molecule has 4 nitrogen and oxygen atoms in total. The molecule has 1 fully saturated rings. The molecular weight excluding hydrogens is 354 g/mol. The number of amides is 1. The van der Waals surface area contributed by atoms with Crippen LogP contribution in [0, 0.1) is 6.92 Å². The molecule has 128 valence electrons. The van der Waals surface area contributed by atoms with Crippen LogP contribution in [0.2, 0.25) is 0 Å². The first kappa shape index (κ1) is 17.5. The number of ether oxygens (including phenoxy) is 2. The fourth-order valence-corrected chi connectivity index (χ4v) is 3.27. The van der Waals surface area contributed by atoms with E-state index in [1.807, 2.05) is 55.5 Å². The number of hydrogen-bond donors (Lipinski definition) is 1. The lowest BCUT2D eigenvalue weighted by molar-refractivity contribution is -0.115. The Hall–Kier alpha value is -2.31. The monoisotopic (exact) mass is 371 g/mol. The molecule has 1 N–H and O–H groups in total. The molecule has 0 aromatic heterocycles. The molecule has 1 amide bonds. The summed E-state index contributed by atoms with van der Waals surface area (Å²) in [5.41, 5.74) is 2.03. The minimum Gasteiger partial charge on any atom is -0.490 e. The molecule has 1 aliphatic rings. The van der Waals surface area contributed by atoms with Gasteiger partial charge < -0.3 is 14.8 Å². The number of carbonyl (C=O) groups excluding carboxylic acids is 1. The SMILES string of the molecule is Cc1ccc(OCCOc2ccccc2/C=C2/SC(=S)NC2=O)cc1. The topological polar surface area (TPSA) is 47.6 Å². The lowest BCUT2D eigenvalue weighted by atomic mass is 10.2. The van der Waals surface area contributed by atoms with Crippen molar-refractivity contribution < 1.29 is 14.3 Å². The van der Waals surface area contributed by atoms with Gasteiger partial charge in [0.2, 0.25) is 0 Å². The zero-order chi connectivity index (χ0) is 17.6. The predicted molar refractivity (Wildman–Crippen MR) is 105 cm³/mol.